The Kier molecular flexibility index (Phi) is 6.04. The number of ether oxygens (including phenoxy) is 1. The second kappa shape index (κ2) is 9.25. The SMILES string of the molecule is Cc1ccc(N2CCC(Oc3ccc4cc(C(=O)NC5CCNCC5)oc4c3)CC2)cc1. The molecule has 2 aromatic carbocycles. The van der Waals surface area contributed by atoms with Gasteiger partial charge in [-0.05, 0) is 63.2 Å². The van der Waals surface area contributed by atoms with Crippen LogP contribution in [0.15, 0.2) is 52.9 Å². The van der Waals surface area contributed by atoms with E-state index in [1.807, 2.05) is 24.3 Å². The van der Waals surface area contributed by atoms with Gasteiger partial charge in [-0.1, -0.05) is 17.7 Å². The molecule has 0 saturated carbocycles. The number of nitrogens with one attached hydrogen (secondary N) is 2. The molecule has 3 heterocycles. The van der Waals surface area contributed by atoms with Gasteiger partial charge in [0, 0.05) is 49.1 Å². The molecule has 0 spiro atoms. The van der Waals surface area contributed by atoms with Crippen LogP contribution in [0.2, 0.25) is 0 Å². The lowest BCUT2D eigenvalue weighted by Crippen LogP contribution is -2.42. The third-order valence-electron chi connectivity index (χ3n) is 6.53. The highest BCUT2D eigenvalue weighted by Gasteiger charge is 2.22. The van der Waals surface area contributed by atoms with Crippen LogP contribution in [-0.2, 0) is 0 Å². The van der Waals surface area contributed by atoms with Gasteiger partial charge < -0.3 is 24.7 Å². The summed E-state index contributed by atoms with van der Waals surface area (Å²) < 4.78 is 12.1. The van der Waals surface area contributed by atoms with Crippen molar-refractivity contribution in [3.63, 3.8) is 0 Å². The van der Waals surface area contributed by atoms with E-state index in [-0.39, 0.29) is 18.1 Å². The molecule has 6 heteroatoms. The Labute approximate surface area is 188 Å². The number of hydrogen-bond donors (Lipinski definition) is 2. The van der Waals surface area contributed by atoms with Crippen molar-refractivity contribution < 1.29 is 13.9 Å². The normalized spacial score (nSPS) is 18.1. The predicted octanol–water partition coefficient (Wildman–Crippen LogP) is 4.27. The number of anilines is 1. The largest absolute Gasteiger partial charge is 0.490 e. The Bertz CT molecular complexity index is 1060. The van der Waals surface area contributed by atoms with Gasteiger partial charge in [-0.2, -0.15) is 0 Å². The number of carbonyl (C=O) groups is 1. The van der Waals surface area contributed by atoms with E-state index in [1.165, 1.54) is 11.3 Å². The number of aryl methyl sites for hydroxylation is 1. The average Bonchev–Trinajstić information content (AvgIpc) is 3.25. The van der Waals surface area contributed by atoms with Crippen molar-refractivity contribution in [1.29, 1.82) is 0 Å². The first kappa shape index (κ1) is 20.9. The van der Waals surface area contributed by atoms with E-state index in [4.69, 9.17) is 9.15 Å². The summed E-state index contributed by atoms with van der Waals surface area (Å²) in [6, 6.07) is 16.6. The molecule has 168 valence electrons. The van der Waals surface area contributed by atoms with Gasteiger partial charge in [-0.3, -0.25) is 4.79 Å². The quantitative estimate of drug-likeness (QED) is 0.629. The lowest BCUT2D eigenvalue weighted by atomic mass is 10.1. The molecule has 6 nitrogen and oxygen atoms in total. The fourth-order valence-corrected chi connectivity index (χ4v) is 4.60. The fourth-order valence-electron chi connectivity index (χ4n) is 4.60. The van der Waals surface area contributed by atoms with Crippen LogP contribution in [0.1, 0.15) is 41.8 Å². The van der Waals surface area contributed by atoms with Crippen LogP contribution in [0.3, 0.4) is 0 Å². The molecule has 0 atom stereocenters. The second-order valence-electron chi connectivity index (χ2n) is 8.95. The first-order chi connectivity index (χ1) is 15.6. The maximum absolute atomic E-state index is 12.6. The number of fused-ring (bicyclic) bond motifs is 1. The summed E-state index contributed by atoms with van der Waals surface area (Å²) in [6.07, 6.45) is 4.05. The lowest BCUT2D eigenvalue weighted by Gasteiger charge is -2.33. The third-order valence-corrected chi connectivity index (χ3v) is 6.53. The van der Waals surface area contributed by atoms with Crippen molar-refractivity contribution in [1.82, 2.24) is 10.6 Å². The number of piperidine rings is 2. The standard InChI is InChI=1S/C26H31N3O3/c1-18-2-5-21(6-3-18)29-14-10-22(11-15-29)31-23-7-4-19-16-25(32-24(19)17-23)26(30)28-20-8-12-27-13-9-20/h2-7,16-17,20,22,27H,8-15H2,1H3,(H,28,30). The molecule has 0 radical (unpaired) electrons. The highest BCUT2D eigenvalue weighted by atomic mass is 16.5. The molecule has 2 N–H and O–H groups in total. The first-order valence-electron chi connectivity index (χ1n) is 11.7. The molecule has 32 heavy (non-hydrogen) atoms. The lowest BCUT2D eigenvalue weighted by molar-refractivity contribution is 0.0903. The summed E-state index contributed by atoms with van der Waals surface area (Å²) in [5.41, 5.74) is 3.25. The van der Waals surface area contributed by atoms with Crippen LogP contribution in [0.5, 0.6) is 5.75 Å². The number of rotatable bonds is 5. The van der Waals surface area contributed by atoms with Crippen LogP contribution in [0.4, 0.5) is 5.69 Å². The topological polar surface area (TPSA) is 66.7 Å². The maximum Gasteiger partial charge on any atom is 0.287 e. The highest BCUT2D eigenvalue weighted by Crippen LogP contribution is 2.28. The van der Waals surface area contributed by atoms with E-state index in [0.29, 0.717) is 11.3 Å². The van der Waals surface area contributed by atoms with E-state index >= 15 is 0 Å². The molecule has 0 unspecified atom stereocenters. The molecule has 1 amide bonds. The Morgan fingerprint density at radius 3 is 2.53 bits per heavy atom. The van der Waals surface area contributed by atoms with Gasteiger partial charge in [-0.15, -0.1) is 0 Å². The number of furan rings is 1. The van der Waals surface area contributed by atoms with E-state index in [1.54, 1.807) is 0 Å². The number of benzene rings is 2. The molecule has 2 fully saturated rings. The van der Waals surface area contributed by atoms with Crippen molar-refractivity contribution in [2.75, 3.05) is 31.1 Å². The maximum atomic E-state index is 12.6. The van der Waals surface area contributed by atoms with Crippen LogP contribution >= 0.6 is 0 Å². The predicted molar refractivity (Wildman–Crippen MR) is 127 cm³/mol. The van der Waals surface area contributed by atoms with Gasteiger partial charge in [0.2, 0.25) is 0 Å². The average molecular weight is 434 g/mol. The summed E-state index contributed by atoms with van der Waals surface area (Å²) in [5, 5.41) is 7.32. The van der Waals surface area contributed by atoms with Crippen molar-refractivity contribution in [3.05, 3.63) is 59.9 Å². The van der Waals surface area contributed by atoms with Gasteiger partial charge in [0.15, 0.2) is 5.76 Å². The number of hydrogen-bond acceptors (Lipinski definition) is 5. The van der Waals surface area contributed by atoms with Crippen LogP contribution < -0.4 is 20.3 Å². The van der Waals surface area contributed by atoms with Gasteiger partial charge in [-0.25, -0.2) is 0 Å². The van der Waals surface area contributed by atoms with Gasteiger partial charge in [0.05, 0.1) is 0 Å². The Balaban J connectivity index is 1.19. The van der Waals surface area contributed by atoms with Gasteiger partial charge in [0.25, 0.3) is 5.91 Å². The second-order valence-corrected chi connectivity index (χ2v) is 8.95. The van der Waals surface area contributed by atoms with Crippen LogP contribution in [0.25, 0.3) is 11.0 Å². The molecule has 0 aliphatic carbocycles. The zero-order chi connectivity index (χ0) is 21.9. The third kappa shape index (κ3) is 4.75. The smallest absolute Gasteiger partial charge is 0.287 e. The van der Waals surface area contributed by atoms with E-state index in [2.05, 4.69) is 46.7 Å². The van der Waals surface area contributed by atoms with Gasteiger partial charge >= 0.3 is 0 Å². The summed E-state index contributed by atoms with van der Waals surface area (Å²) in [4.78, 5) is 15.0. The van der Waals surface area contributed by atoms with E-state index in [0.717, 1.165) is 63.0 Å². The number of nitrogens with zero attached hydrogens (tertiary/aromatic N) is 1. The minimum absolute atomic E-state index is 0.140. The first-order valence-corrected chi connectivity index (χ1v) is 11.7. The highest BCUT2D eigenvalue weighted by molar-refractivity contribution is 5.96. The molecule has 0 bridgehead atoms. The molecule has 5 rings (SSSR count). The minimum Gasteiger partial charge on any atom is -0.490 e. The van der Waals surface area contributed by atoms with Crippen molar-refractivity contribution in [3.8, 4) is 5.75 Å². The molecule has 1 aromatic heterocycles. The Morgan fingerprint density at radius 1 is 1.03 bits per heavy atom. The van der Waals surface area contributed by atoms with E-state index in [9.17, 15) is 4.79 Å². The van der Waals surface area contributed by atoms with Crippen LogP contribution in [-0.4, -0.2) is 44.2 Å². The van der Waals surface area contributed by atoms with Crippen molar-refractivity contribution in [2.24, 2.45) is 0 Å². The van der Waals surface area contributed by atoms with Crippen molar-refractivity contribution >= 4 is 22.6 Å². The number of carbonyl (C=O) groups excluding carboxylic acids is 1. The van der Waals surface area contributed by atoms with Gasteiger partial charge in [0.1, 0.15) is 17.4 Å². The minimum atomic E-state index is -0.140. The van der Waals surface area contributed by atoms with Crippen LogP contribution in [0, 0.1) is 6.92 Å². The Hall–Kier alpha value is -2.99. The molecular weight excluding hydrogens is 402 g/mol. The zero-order valence-corrected chi connectivity index (χ0v) is 18.6. The van der Waals surface area contributed by atoms with Crippen molar-refractivity contribution in [2.45, 2.75) is 44.8 Å². The molecule has 3 aromatic rings. The Morgan fingerprint density at radius 2 is 1.78 bits per heavy atom. The summed E-state index contributed by atoms with van der Waals surface area (Å²) >= 11 is 0. The fraction of sp³-hybridized carbons (Fsp3) is 0.423. The van der Waals surface area contributed by atoms with E-state index < -0.39 is 0 Å². The monoisotopic (exact) mass is 433 g/mol. The molecular formula is C26H31N3O3. The number of amides is 1. The molecule has 2 aliphatic heterocycles. The molecule has 2 saturated heterocycles. The summed E-state index contributed by atoms with van der Waals surface area (Å²) in [5.74, 6) is 1.02. The summed E-state index contributed by atoms with van der Waals surface area (Å²) in [6.45, 7) is 5.96. The zero-order valence-electron chi connectivity index (χ0n) is 18.6. The molecule has 2 aliphatic rings. The summed E-state index contributed by atoms with van der Waals surface area (Å²) in [7, 11) is 0.